The molecule has 0 bridgehead atoms. The maximum Gasteiger partial charge on any atom is 0.257 e. The van der Waals surface area contributed by atoms with Crippen molar-refractivity contribution in [2.45, 2.75) is 19.5 Å². The van der Waals surface area contributed by atoms with Crippen molar-refractivity contribution in [2.75, 3.05) is 34.0 Å². The summed E-state index contributed by atoms with van der Waals surface area (Å²) in [5, 5.41) is 5.08. The second-order valence-electron chi connectivity index (χ2n) is 7.62. The lowest BCUT2D eigenvalue weighted by molar-refractivity contribution is -0.123. The SMILES string of the molecule is COCCn1ccc2c(OCC(=O)NCCCn3ccc4cc(OC)ccc43)cccc21. The number of carbonyl (C=O) groups excluding carboxylic acids is 1. The van der Waals surface area contributed by atoms with Gasteiger partial charge in [0.1, 0.15) is 11.5 Å². The van der Waals surface area contributed by atoms with E-state index < -0.39 is 0 Å². The van der Waals surface area contributed by atoms with Crippen LogP contribution >= 0.6 is 0 Å². The minimum atomic E-state index is -0.122. The van der Waals surface area contributed by atoms with Gasteiger partial charge in [0.05, 0.1) is 19.2 Å². The standard InChI is InChI=1S/C25H29N3O4/c1-30-16-15-28-14-10-21-23(28)5-3-6-24(21)32-18-25(29)26-11-4-12-27-13-9-19-17-20(31-2)7-8-22(19)27/h3,5-10,13-14,17H,4,11-12,15-16,18H2,1-2H3,(H,26,29). The fraction of sp³-hybridized carbons (Fsp3) is 0.320. The van der Waals surface area contributed by atoms with Crippen LogP contribution in [0.4, 0.5) is 0 Å². The zero-order valence-electron chi connectivity index (χ0n) is 18.5. The highest BCUT2D eigenvalue weighted by atomic mass is 16.5. The first-order valence-corrected chi connectivity index (χ1v) is 10.8. The van der Waals surface area contributed by atoms with Crippen molar-refractivity contribution in [1.82, 2.24) is 14.5 Å². The van der Waals surface area contributed by atoms with Crippen LogP contribution in [-0.4, -0.2) is 49.0 Å². The smallest absolute Gasteiger partial charge is 0.257 e. The maximum atomic E-state index is 12.3. The molecule has 0 spiro atoms. The van der Waals surface area contributed by atoms with Gasteiger partial charge in [-0.1, -0.05) is 6.07 Å². The number of fused-ring (bicyclic) bond motifs is 2. The number of benzene rings is 2. The molecule has 0 saturated carbocycles. The third kappa shape index (κ3) is 4.89. The molecule has 4 rings (SSSR count). The van der Waals surface area contributed by atoms with E-state index in [2.05, 4.69) is 32.8 Å². The van der Waals surface area contributed by atoms with Gasteiger partial charge in [-0.25, -0.2) is 0 Å². The molecule has 0 fully saturated rings. The number of rotatable bonds is 11. The summed E-state index contributed by atoms with van der Waals surface area (Å²) in [4.78, 5) is 12.3. The van der Waals surface area contributed by atoms with Gasteiger partial charge in [-0.15, -0.1) is 0 Å². The molecule has 4 aromatic rings. The van der Waals surface area contributed by atoms with Crippen LogP contribution in [0.3, 0.4) is 0 Å². The number of nitrogens with zero attached hydrogens (tertiary/aromatic N) is 2. The Morgan fingerprint density at radius 1 is 0.969 bits per heavy atom. The van der Waals surface area contributed by atoms with Gasteiger partial charge < -0.3 is 28.7 Å². The number of aromatic nitrogens is 2. The molecule has 1 amide bonds. The molecule has 0 aliphatic heterocycles. The highest BCUT2D eigenvalue weighted by Crippen LogP contribution is 2.26. The molecule has 2 heterocycles. The van der Waals surface area contributed by atoms with Crippen molar-refractivity contribution >= 4 is 27.7 Å². The second-order valence-corrected chi connectivity index (χ2v) is 7.62. The van der Waals surface area contributed by atoms with Crippen LogP contribution in [0.1, 0.15) is 6.42 Å². The summed E-state index contributed by atoms with van der Waals surface area (Å²) < 4.78 is 20.6. The van der Waals surface area contributed by atoms with E-state index in [0.717, 1.165) is 47.1 Å². The molecule has 2 aromatic heterocycles. The Labute approximate surface area is 187 Å². The van der Waals surface area contributed by atoms with E-state index in [-0.39, 0.29) is 12.5 Å². The monoisotopic (exact) mass is 435 g/mol. The van der Waals surface area contributed by atoms with Crippen molar-refractivity contribution in [3.8, 4) is 11.5 Å². The first-order chi connectivity index (χ1) is 15.7. The number of ether oxygens (including phenoxy) is 3. The van der Waals surface area contributed by atoms with Crippen LogP contribution in [0.25, 0.3) is 21.8 Å². The third-order valence-electron chi connectivity index (χ3n) is 5.54. The van der Waals surface area contributed by atoms with E-state index in [1.54, 1.807) is 14.2 Å². The molecule has 0 aliphatic carbocycles. The molecule has 7 nitrogen and oxygen atoms in total. The number of carbonyl (C=O) groups is 1. The van der Waals surface area contributed by atoms with Gasteiger partial charge in [0.25, 0.3) is 5.91 Å². The molecule has 2 aromatic carbocycles. The van der Waals surface area contributed by atoms with E-state index in [1.165, 1.54) is 0 Å². The first kappa shape index (κ1) is 21.8. The van der Waals surface area contributed by atoms with Crippen molar-refractivity contribution in [2.24, 2.45) is 0 Å². The Morgan fingerprint density at radius 2 is 1.81 bits per heavy atom. The zero-order chi connectivity index (χ0) is 22.3. The van der Waals surface area contributed by atoms with Crippen LogP contribution in [-0.2, 0) is 22.6 Å². The fourth-order valence-electron chi connectivity index (χ4n) is 3.88. The van der Waals surface area contributed by atoms with Crippen LogP contribution in [0, 0.1) is 0 Å². The van der Waals surface area contributed by atoms with Gasteiger partial charge in [0.2, 0.25) is 0 Å². The number of methoxy groups -OCH3 is 2. The predicted octanol–water partition coefficient (Wildman–Crippen LogP) is 3.84. The lowest BCUT2D eigenvalue weighted by Gasteiger charge is -2.10. The quantitative estimate of drug-likeness (QED) is 0.364. The first-order valence-electron chi connectivity index (χ1n) is 10.8. The van der Waals surface area contributed by atoms with E-state index >= 15 is 0 Å². The summed E-state index contributed by atoms with van der Waals surface area (Å²) in [6.45, 7) is 2.83. The zero-order valence-corrected chi connectivity index (χ0v) is 18.5. The summed E-state index contributed by atoms with van der Waals surface area (Å²) in [5.74, 6) is 1.44. The highest BCUT2D eigenvalue weighted by Gasteiger charge is 2.09. The Morgan fingerprint density at radius 3 is 2.66 bits per heavy atom. The summed E-state index contributed by atoms with van der Waals surface area (Å²) in [5.41, 5.74) is 2.22. The fourth-order valence-corrected chi connectivity index (χ4v) is 3.88. The molecule has 0 atom stereocenters. The lowest BCUT2D eigenvalue weighted by Crippen LogP contribution is -2.30. The van der Waals surface area contributed by atoms with Gasteiger partial charge in [-0.2, -0.15) is 0 Å². The largest absolute Gasteiger partial charge is 0.497 e. The lowest BCUT2D eigenvalue weighted by atomic mass is 10.2. The molecular weight excluding hydrogens is 406 g/mol. The predicted molar refractivity (Wildman–Crippen MR) is 125 cm³/mol. The molecular formula is C25H29N3O4. The number of hydrogen-bond acceptors (Lipinski definition) is 4. The van der Waals surface area contributed by atoms with Crippen LogP contribution < -0.4 is 14.8 Å². The third-order valence-corrected chi connectivity index (χ3v) is 5.54. The van der Waals surface area contributed by atoms with Crippen LogP contribution in [0.5, 0.6) is 11.5 Å². The average Bonchev–Trinajstić information content (AvgIpc) is 3.42. The minimum absolute atomic E-state index is 0.00535. The summed E-state index contributed by atoms with van der Waals surface area (Å²) in [6.07, 6.45) is 4.91. The number of aryl methyl sites for hydroxylation is 1. The van der Waals surface area contributed by atoms with Crippen LogP contribution in [0.15, 0.2) is 60.9 Å². The van der Waals surface area contributed by atoms with Crippen molar-refractivity contribution in [3.63, 3.8) is 0 Å². The van der Waals surface area contributed by atoms with Gasteiger partial charge >= 0.3 is 0 Å². The highest BCUT2D eigenvalue weighted by molar-refractivity contribution is 5.87. The molecule has 1 N–H and O–H groups in total. The second kappa shape index (κ2) is 10.2. The number of amides is 1. The normalized spacial score (nSPS) is 11.2. The summed E-state index contributed by atoms with van der Waals surface area (Å²) >= 11 is 0. The Bertz CT molecular complexity index is 1190. The Kier molecular flexibility index (Phi) is 6.97. The minimum Gasteiger partial charge on any atom is -0.497 e. The van der Waals surface area contributed by atoms with E-state index in [0.29, 0.717) is 18.9 Å². The topological polar surface area (TPSA) is 66.7 Å². The van der Waals surface area contributed by atoms with Gasteiger partial charge in [-0.3, -0.25) is 4.79 Å². The van der Waals surface area contributed by atoms with Crippen molar-refractivity contribution < 1.29 is 19.0 Å². The average molecular weight is 436 g/mol. The molecule has 168 valence electrons. The van der Waals surface area contributed by atoms with Gasteiger partial charge in [-0.05, 0) is 48.9 Å². The van der Waals surface area contributed by atoms with Crippen LogP contribution in [0.2, 0.25) is 0 Å². The van der Waals surface area contributed by atoms with E-state index in [4.69, 9.17) is 14.2 Å². The molecule has 32 heavy (non-hydrogen) atoms. The molecule has 7 heteroatoms. The Hall–Kier alpha value is -3.45. The van der Waals surface area contributed by atoms with E-state index in [1.807, 2.05) is 42.6 Å². The maximum absolute atomic E-state index is 12.3. The molecule has 0 saturated heterocycles. The molecule has 0 aliphatic rings. The van der Waals surface area contributed by atoms with Gasteiger partial charge in [0.15, 0.2) is 6.61 Å². The van der Waals surface area contributed by atoms with Crippen molar-refractivity contribution in [1.29, 1.82) is 0 Å². The Balaban J connectivity index is 1.25. The molecule has 0 unspecified atom stereocenters. The summed E-state index contributed by atoms with van der Waals surface area (Å²) in [7, 11) is 3.36. The number of nitrogens with one attached hydrogen (secondary N) is 1. The van der Waals surface area contributed by atoms with Crippen molar-refractivity contribution in [3.05, 3.63) is 60.9 Å². The molecule has 0 radical (unpaired) electrons. The van der Waals surface area contributed by atoms with E-state index in [9.17, 15) is 4.79 Å². The van der Waals surface area contributed by atoms with Gasteiger partial charge in [0, 0.05) is 55.4 Å². The summed E-state index contributed by atoms with van der Waals surface area (Å²) in [6, 6.07) is 16.0. The number of hydrogen-bond donors (Lipinski definition) is 1.